The number of carbonyl (C=O) groups is 2. The van der Waals surface area contributed by atoms with Gasteiger partial charge in [0.1, 0.15) is 17.3 Å². The zero-order chi connectivity index (χ0) is 27.6. The van der Waals surface area contributed by atoms with Crippen molar-refractivity contribution in [2.45, 2.75) is 64.3 Å². The molecular weight excluding hydrogens is 522 g/mol. The minimum absolute atomic E-state index is 0.0531. The molecule has 0 atom stereocenters. The lowest BCUT2D eigenvalue weighted by Gasteiger charge is -2.36. The Kier molecular flexibility index (Phi) is 7.82. The molecule has 2 saturated carbocycles. The standard InChI is InChI=1S/C31H39N5O3S/c1-21-27-28(22-8-6-9-22)36(19-26(37)33-23-10-4-3-5-11-23)20-32-30(27)40-29(21)31(38)35-16-14-34(15-17-35)24-12-7-13-25(18-24)39-2/h7,12-13,18,20,23H,3-6,8-11,14-17,19H2,1-2H3,(H,33,37). The van der Waals surface area contributed by atoms with Crippen LogP contribution in [0, 0.1) is 6.92 Å². The molecule has 1 aromatic heterocycles. The predicted octanol–water partition coefficient (Wildman–Crippen LogP) is 5.35. The Morgan fingerprint density at radius 2 is 1.85 bits per heavy atom. The summed E-state index contributed by atoms with van der Waals surface area (Å²) in [7, 11) is 1.68. The van der Waals surface area contributed by atoms with Crippen LogP contribution in [0.5, 0.6) is 5.75 Å². The normalized spacial score (nSPS) is 19.4. The van der Waals surface area contributed by atoms with E-state index in [1.165, 1.54) is 42.6 Å². The molecule has 4 aliphatic rings. The van der Waals surface area contributed by atoms with Gasteiger partial charge >= 0.3 is 0 Å². The third-order valence-corrected chi connectivity index (χ3v) is 9.91. The van der Waals surface area contributed by atoms with Crippen LogP contribution in [-0.2, 0) is 4.79 Å². The molecule has 1 N–H and O–H groups in total. The number of piperazine rings is 1. The summed E-state index contributed by atoms with van der Waals surface area (Å²) in [6.07, 6.45) is 10.8. The van der Waals surface area contributed by atoms with Crippen LogP contribution in [0.15, 0.2) is 34.8 Å². The lowest BCUT2D eigenvalue weighted by atomic mass is 9.87. The van der Waals surface area contributed by atoms with Crippen molar-refractivity contribution in [3.8, 4) is 5.75 Å². The van der Waals surface area contributed by atoms with Gasteiger partial charge in [-0.1, -0.05) is 25.3 Å². The summed E-state index contributed by atoms with van der Waals surface area (Å²) in [6.45, 7) is 5.21. The third-order valence-electron chi connectivity index (χ3n) is 8.72. The first-order chi connectivity index (χ1) is 19.5. The van der Waals surface area contributed by atoms with Gasteiger partial charge in [0.15, 0.2) is 0 Å². The van der Waals surface area contributed by atoms with Gasteiger partial charge in [-0.2, -0.15) is 0 Å². The lowest BCUT2D eigenvalue weighted by molar-refractivity contribution is -0.121. The molecule has 8 nitrogen and oxygen atoms in total. The van der Waals surface area contributed by atoms with E-state index in [-0.39, 0.29) is 24.4 Å². The molecule has 212 valence electrons. The first kappa shape index (κ1) is 26.9. The Balaban J connectivity index is 1.17. The smallest absolute Gasteiger partial charge is 0.264 e. The van der Waals surface area contributed by atoms with E-state index in [9.17, 15) is 9.59 Å². The van der Waals surface area contributed by atoms with E-state index in [2.05, 4.69) is 23.2 Å². The minimum Gasteiger partial charge on any atom is -0.497 e. The summed E-state index contributed by atoms with van der Waals surface area (Å²) >= 11 is 1.49. The number of anilines is 1. The number of amides is 2. The average Bonchev–Trinajstić information content (AvgIpc) is 3.29. The van der Waals surface area contributed by atoms with Gasteiger partial charge in [-0.25, -0.2) is 4.99 Å². The molecule has 1 saturated heterocycles. The van der Waals surface area contributed by atoms with Crippen LogP contribution in [0.4, 0.5) is 10.7 Å². The van der Waals surface area contributed by atoms with E-state index in [0.717, 1.165) is 76.9 Å². The number of fused-ring (bicyclic) bond motifs is 1. The predicted molar refractivity (Wildman–Crippen MR) is 161 cm³/mol. The number of rotatable bonds is 6. The molecule has 2 aromatic rings. The number of nitrogens with one attached hydrogen (secondary N) is 1. The van der Waals surface area contributed by atoms with E-state index in [1.807, 2.05) is 28.0 Å². The van der Waals surface area contributed by atoms with Crippen LogP contribution in [0.2, 0.25) is 0 Å². The highest BCUT2D eigenvalue weighted by atomic mass is 32.1. The van der Waals surface area contributed by atoms with E-state index >= 15 is 0 Å². The first-order valence-corrected chi connectivity index (χ1v) is 15.5. The van der Waals surface area contributed by atoms with E-state index < -0.39 is 0 Å². The molecule has 1 aromatic carbocycles. The van der Waals surface area contributed by atoms with E-state index in [0.29, 0.717) is 13.1 Å². The van der Waals surface area contributed by atoms with Gasteiger partial charge in [0.05, 0.1) is 24.0 Å². The van der Waals surface area contributed by atoms with Crippen LogP contribution in [0.1, 0.15) is 72.2 Å². The number of carbonyl (C=O) groups excluding carboxylic acids is 2. The largest absolute Gasteiger partial charge is 0.497 e. The molecule has 0 bridgehead atoms. The minimum atomic E-state index is 0.0531. The molecule has 2 aliphatic carbocycles. The summed E-state index contributed by atoms with van der Waals surface area (Å²) < 4.78 is 5.39. The number of benzene rings is 1. The summed E-state index contributed by atoms with van der Waals surface area (Å²) in [5, 5.41) is 4.14. The summed E-state index contributed by atoms with van der Waals surface area (Å²) in [4.78, 5) is 38.6. The third kappa shape index (κ3) is 5.36. The zero-order valence-electron chi connectivity index (χ0n) is 23.6. The Bertz CT molecular complexity index is 1330. The van der Waals surface area contributed by atoms with Gasteiger partial charge in [-0.3, -0.25) is 9.59 Å². The fourth-order valence-corrected chi connectivity index (χ4v) is 7.40. The van der Waals surface area contributed by atoms with Crippen molar-refractivity contribution in [1.29, 1.82) is 0 Å². The van der Waals surface area contributed by atoms with Crippen molar-refractivity contribution in [2.24, 2.45) is 4.99 Å². The maximum atomic E-state index is 13.8. The van der Waals surface area contributed by atoms with Crippen molar-refractivity contribution in [3.05, 3.63) is 45.8 Å². The second kappa shape index (κ2) is 11.6. The maximum absolute atomic E-state index is 13.8. The summed E-state index contributed by atoms with van der Waals surface area (Å²) in [6, 6.07) is 8.37. The van der Waals surface area contributed by atoms with Crippen LogP contribution < -0.4 is 15.0 Å². The maximum Gasteiger partial charge on any atom is 0.264 e. The number of thiophene rings is 1. The van der Waals surface area contributed by atoms with Crippen LogP contribution >= 0.6 is 11.3 Å². The average molecular weight is 562 g/mol. The second-order valence-corrected chi connectivity index (χ2v) is 12.3. The van der Waals surface area contributed by atoms with Gasteiger partial charge in [-0.15, -0.1) is 11.3 Å². The van der Waals surface area contributed by atoms with Crippen molar-refractivity contribution in [3.63, 3.8) is 0 Å². The number of ether oxygens (including phenoxy) is 1. The highest BCUT2D eigenvalue weighted by molar-refractivity contribution is 7.18. The van der Waals surface area contributed by atoms with E-state index in [4.69, 9.17) is 9.73 Å². The highest BCUT2D eigenvalue weighted by Gasteiger charge is 2.34. The van der Waals surface area contributed by atoms with Crippen molar-refractivity contribution in [1.82, 2.24) is 15.1 Å². The number of allylic oxidation sites excluding steroid dienone is 1. The molecule has 40 heavy (non-hydrogen) atoms. The van der Waals surface area contributed by atoms with Crippen molar-refractivity contribution in [2.75, 3.05) is 44.7 Å². The van der Waals surface area contributed by atoms with Gasteiger partial charge in [0.2, 0.25) is 5.91 Å². The monoisotopic (exact) mass is 561 g/mol. The lowest BCUT2D eigenvalue weighted by Crippen LogP contribution is -2.48. The fourth-order valence-electron chi connectivity index (χ4n) is 6.28. The Morgan fingerprint density at radius 3 is 2.55 bits per heavy atom. The molecule has 9 heteroatoms. The topological polar surface area (TPSA) is 77.5 Å². The van der Waals surface area contributed by atoms with Crippen LogP contribution in [-0.4, -0.2) is 73.8 Å². The van der Waals surface area contributed by atoms with Crippen molar-refractivity contribution >= 4 is 45.9 Å². The number of hydrogen-bond acceptors (Lipinski definition) is 7. The SMILES string of the molecule is COc1cccc(N2CCN(C(=O)c3sc4c(c3C)C(=C3CCC3)N(CC(=O)NC3CCCCC3)C=N4)CC2)c1. The van der Waals surface area contributed by atoms with Crippen molar-refractivity contribution < 1.29 is 14.3 Å². The number of methoxy groups -OCH3 is 1. The highest BCUT2D eigenvalue weighted by Crippen LogP contribution is 2.47. The molecule has 3 fully saturated rings. The first-order valence-electron chi connectivity index (χ1n) is 14.7. The molecule has 2 aliphatic heterocycles. The Morgan fingerprint density at radius 1 is 1.07 bits per heavy atom. The summed E-state index contributed by atoms with van der Waals surface area (Å²) in [5.74, 6) is 0.975. The second-order valence-electron chi connectivity index (χ2n) is 11.3. The zero-order valence-corrected chi connectivity index (χ0v) is 24.4. The molecule has 0 unspecified atom stereocenters. The molecule has 3 heterocycles. The molecule has 2 amide bonds. The van der Waals surface area contributed by atoms with Gasteiger partial charge < -0.3 is 24.8 Å². The van der Waals surface area contributed by atoms with E-state index in [1.54, 1.807) is 13.4 Å². The summed E-state index contributed by atoms with van der Waals surface area (Å²) in [5.41, 5.74) is 5.62. The van der Waals surface area contributed by atoms with Gasteiger partial charge in [0, 0.05) is 49.5 Å². The quantitative estimate of drug-likeness (QED) is 0.515. The molecule has 0 radical (unpaired) electrons. The molecule has 0 spiro atoms. The number of nitrogens with zero attached hydrogens (tertiary/aromatic N) is 4. The van der Waals surface area contributed by atoms with Gasteiger partial charge in [-0.05, 0) is 62.3 Å². The Hall–Kier alpha value is -3.33. The number of hydrogen-bond donors (Lipinski definition) is 1. The van der Waals surface area contributed by atoms with Crippen LogP contribution in [0.3, 0.4) is 0 Å². The Labute approximate surface area is 240 Å². The van der Waals surface area contributed by atoms with Crippen LogP contribution in [0.25, 0.3) is 5.70 Å². The fraction of sp³-hybridized carbons (Fsp3) is 0.516. The van der Waals surface area contributed by atoms with Gasteiger partial charge in [0.25, 0.3) is 5.91 Å². The molecule has 6 rings (SSSR count). The molecular formula is C31H39N5O3S. The number of aliphatic imine (C=N–C) groups is 1.